The Morgan fingerprint density at radius 2 is 1.95 bits per heavy atom. The molecular formula is C14H19NO5. The molecule has 110 valence electrons. The van der Waals surface area contributed by atoms with Gasteiger partial charge in [0.25, 0.3) is 0 Å². The van der Waals surface area contributed by atoms with Crippen molar-refractivity contribution in [2.75, 3.05) is 7.11 Å². The number of carboxylic acids is 1. The van der Waals surface area contributed by atoms with E-state index in [4.69, 9.17) is 9.47 Å². The molecule has 0 aromatic heterocycles. The van der Waals surface area contributed by atoms with Crippen molar-refractivity contribution in [3.05, 3.63) is 29.8 Å². The first-order valence-electron chi connectivity index (χ1n) is 6.09. The molecular weight excluding hydrogens is 262 g/mol. The highest BCUT2D eigenvalue weighted by Gasteiger charge is 2.25. The van der Waals surface area contributed by atoms with Crippen LogP contribution in [0.25, 0.3) is 0 Å². The van der Waals surface area contributed by atoms with Gasteiger partial charge in [-0.3, -0.25) is 0 Å². The van der Waals surface area contributed by atoms with Gasteiger partial charge in [0.2, 0.25) is 0 Å². The second-order valence-electron chi connectivity index (χ2n) is 5.19. The number of alkyl carbamates (subject to hydrolysis) is 1. The molecule has 0 aliphatic heterocycles. The molecule has 2 N–H and O–H groups in total. The predicted octanol–water partition coefficient (Wildman–Crippen LogP) is 2.35. The number of aliphatic carboxylic acids is 1. The second kappa shape index (κ2) is 6.27. The summed E-state index contributed by atoms with van der Waals surface area (Å²) >= 11 is 0. The van der Waals surface area contributed by atoms with Gasteiger partial charge in [0.1, 0.15) is 11.4 Å². The molecule has 0 aliphatic carbocycles. The number of amides is 1. The van der Waals surface area contributed by atoms with Crippen LogP contribution in [-0.2, 0) is 9.53 Å². The van der Waals surface area contributed by atoms with Crippen molar-refractivity contribution in [2.24, 2.45) is 0 Å². The third-order valence-corrected chi connectivity index (χ3v) is 2.34. The lowest BCUT2D eigenvalue weighted by Gasteiger charge is -2.22. The number of carbonyl (C=O) groups excluding carboxylic acids is 1. The van der Waals surface area contributed by atoms with Crippen molar-refractivity contribution in [3.63, 3.8) is 0 Å². The molecule has 1 atom stereocenters. The van der Waals surface area contributed by atoms with E-state index in [1.165, 1.54) is 7.11 Å². The highest BCUT2D eigenvalue weighted by Crippen LogP contribution is 2.20. The quantitative estimate of drug-likeness (QED) is 0.884. The maximum absolute atomic E-state index is 11.7. The molecule has 0 heterocycles. The van der Waals surface area contributed by atoms with Crippen LogP contribution in [-0.4, -0.2) is 29.9 Å². The predicted molar refractivity (Wildman–Crippen MR) is 72.7 cm³/mol. The van der Waals surface area contributed by atoms with Gasteiger partial charge in [-0.15, -0.1) is 0 Å². The summed E-state index contributed by atoms with van der Waals surface area (Å²) in [5, 5.41) is 11.6. The standard InChI is InChI=1S/C14H19NO5/c1-14(2,3)20-13(18)15-11(12(16)17)9-6-5-7-10(8-9)19-4/h5-8,11H,1-4H3,(H,15,18)(H,16,17). The Hall–Kier alpha value is -2.24. The average Bonchev–Trinajstić information content (AvgIpc) is 2.33. The van der Waals surface area contributed by atoms with Gasteiger partial charge in [-0.05, 0) is 38.5 Å². The Labute approximate surface area is 117 Å². The van der Waals surface area contributed by atoms with Crippen LogP contribution in [0.5, 0.6) is 5.75 Å². The van der Waals surface area contributed by atoms with Crippen LogP contribution in [0.4, 0.5) is 4.79 Å². The van der Waals surface area contributed by atoms with E-state index in [9.17, 15) is 14.7 Å². The first kappa shape index (κ1) is 15.8. The number of carboxylic acid groups (broad SMARTS) is 1. The molecule has 20 heavy (non-hydrogen) atoms. The zero-order valence-corrected chi connectivity index (χ0v) is 12.0. The summed E-state index contributed by atoms with van der Waals surface area (Å²) in [7, 11) is 1.48. The van der Waals surface area contributed by atoms with E-state index in [0.717, 1.165) is 0 Å². The molecule has 0 aliphatic rings. The van der Waals surface area contributed by atoms with Gasteiger partial charge >= 0.3 is 12.1 Å². The highest BCUT2D eigenvalue weighted by atomic mass is 16.6. The van der Waals surface area contributed by atoms with Gasteiger partial charge in [0.15, 0.2) is 6.04 Å². The topological polar surface area (TPSA) is 84.9 Å². The van der Waals surface area contributed by atoms with Gasteiger partial charge in [-0.1, -0.05) is 12.1 Å². The molecule has 1 unspecified atom stereocenters. The number of hydrogen-bond acceptors (Lipinski definition) is 4. The molecule has 1 amide bonds. The first-order valence-corrected chi connectivity index (χ1v) is 6.09. The molecule has 0 saturated carbocycles. The maximum atomic E-state index is 11.7. The summed E-state index contributed by atoms with van der Waals surface area (Å²) in [6, 6.07) is 5.30. The number of nitrogens with one attached hydrogen (secondary N) is 1. The minimum Gasteiger partial charge on any atom is -0.497 e. The fraction of sp³-hybridized carbons (Fsp3) is 0.429. The Morgan fingerprint density at radius 1 is 1.30 bits per heavy atom. The normalized spacial score (nSPS) is 12.4. The lowest BCUT2D eigenvalue weighted by atomic mass is 10.1. The Bertz CT molecular complexity index is 493. The molecule has 0 fully saturated rings. The van der Waals surface area contributed by atoms with Crippen molar-refractivity contribution in [1.29, 1.82) is 0 Å². The van der Waals surface area contributed by atoms with Crippen LogP contribution in [0.1, 0.15) is 32.4 Å². The van der Waals surface area contributed by atoms with Gasteiger partial charge in [-0.2, -0.15) is 0 Å². The minimum absolute atomic E-state index is 0.405. The second-order valence-corrected chi connectivity index (χ2v) is 5.19. The van der Waals surface area contributed by atoms with E-state index in [-0.39, 0.29) is 0 Å². The summed E-state index contributed by atoms with van der Waals surface area (Å²) in [6.45, 7) is 5.11. The number of carbonyl (C=O) groups is 2. The molecule has 1 aromatic rings. The number of rotatable bonds is 4. The van der Waals surface area contributed by atoms with Crippen molar-refractivity contribution in [1.82, 2.24) is 5.32 Å². The average molecular weight is 281 g/mol. The number of ether oxygens (including phenoxy) is 2. The van der Waals surface area contributed by atoms with Crippen LogP contribution < -0.4 is 10.1 Å². The zero-order valence-electron chi connectivity index (χ0n) is 12.0. The SMILES string of the molecule is COc1cccc(C(NC(=O)OC(C)(C)C)C(=O)O)c1. The molecule has 0 spiro atoms. The van der Waals surface area contributed by atoms with E-state index < -0.39 is 23.7 Å². The molecule has 0 radical (unpaired) electrons. The molecule has 6 nitrogen and oxygen atoms in total. The van der Waals surface area contributed by atoms with Gasteiger partial charge < -0.3 is 19.9 Å². The third kappa shape index (κ3) is 4.79. The summed E-state index contributed by atoms with van der Waals surface area (Å²) in [6.07, 6.45) is -0.785. The van der Waals surface area contributed by atoms with Gasteiger partial charge in [0, 0.05) is 0 Å². The van der Waals surface area contributed by atoms with E-state index in [1.807, 2.05) is 0 Å². The molecule has 1 rings (SSSR count). The minimum atomic E-state index is -1.19. The first-order chi connectivity index (χ1) is 9.23. The van der Waals surface area contributed by atoms with Gasteiger partial charge in [0.05, 0.1) is 7.11 Å². The van der Waals surface area contributed by atoms with E-state index >= 15 is 0 Å². The molecule has 0 saturated heterocycles. The van der Waals surface area contributed by atoms with Gasteiger partial charge in [-0.25, -0.2) is 9.59 Å². The van der Waals surface area contributed by atoms with Crippen LogP contribution in [0.3, 0.4) is 0 Å². The van der Waals surface area contributed by atoms with Crippen LogP contribution in [0.15, 0.2) is 24.3 Å². The van der Waals surface area contributed by atoms with E-state index in [0.29, 0.717) is 11.3 Å². The fourth-order valence-electron chi connectivity index (χ4n) is 1.53. The van der Waals surface area contributed by atoms with Crippen molar-refractivity contribution >= 4 is 12.1 Å². The highest BCUT2D eigenvalue weighted by molar-refractivity contribution is 5.81. The summed E-state index contributed by atoms with van der Waals surface area (Å²) < 4.78 is 10.1. The van der Waals surface area contributed by atoms with E-state index in [1.54, 1.807) is 45.0 Å². The third-order valence-electron chi connectivity index (χ3n) is 2.34. The molecule has 0 bridgehead atoms. The summed E-state index contributed by atoms with van der Waals surface area (Å²) in [5.74, 6) is -0.663. The molecule has 1 aromatic carbocycles. The van der Waals surface area contributed by atoms with Crippen molar-refractivity contribution < 1.29 is 24.2 Å². The van der Waals surface area contributed by atoms with E-state index in [2.05, 4.69) is 5.32 Å². The maximum Gasteiger partial charge on any atom is 0.408 e. The van der Waals surface area contributed by atoms with Crippen LogP contribution in [0, 0.1) is 0 Å². The molecule has 6 heteroatoms. The van der Waals surface area contributed by atoms with Crippen LogP contribution >= 0.6 is 0 Å². The number of methoxy groups -OCH3 is 1. The Kier molecular flexibility index (Phi) is 4.96. The smallest absolute Gasteiger partial charge is 0.408 e. The monoisotopic (exact) mass is 281 g/mol. The Morgan fingerprint density at radius 3 is 2.45 bits per heavy atom. The summed E-state index contributed by atoms with van der Waals surface area (Å²) in [4.78, 5) is 23.0. The van der Waals surface area contributed by atoms with Crippen molar-refractivity contribution in [2.45, 2.75) is 32.4 Å². The van der Waals surface area contributed by atoms with Crippen LogP contribution in [0.2, 0.25) is 0 Å². The Balaban J connectivity index is 2.89. The lowest BCUT2D eigenvalue weighted by molar-refractivity contribution is -0.139. The van der Waals surface area contributed by atoms with Crippen molar-refractivity contribution in [3.8, 4) is 5.75 Å². The zero-order chi connectivity index (χ0) is 15.3. The lowest BCUT2D eigenvalue weighted by Crippen LogP contribution is -2.38. The number of benzene rings is 1. The number of hydrogen-bond donors (Lipinski definition) is 2. The largest absolute Gasteiger partial charge is 0.497 e. The fourth-order valence-corrected chi connectivity index (χ4v) is 1.53. The summed E-state index contributed by atoms with van der Waals surface area (Å²) in [5.41, 5.74) is -0.288.